The normalized spacial score (nSPS) is 12.9. The van der Waals surface area contributed by atoms with Gasteiger partial charge in [0.2, 0.25) is 0 Å². The van der Waals surface area contributed by atoms with Crippen LogP contribution in [0.25, 0.3) is 0 Å². The molecule has 1 aromatic rings. The van der Waals surface area contributed by atoms with E-state index in [1.165, 1.54) is 0 Å². The molecule has 0 saturated heterocycles. The van der Waals surface area contributed by atoms with Crippen molar-refractivity contribution in [3.8, 4) is 0 Å². The van der Waals surface area contributed by atoms with Gasteiger partial charge in [-0.1, -0.05) is 6.92 Å². The molecule has 59 valence electrons. The van der Waals surface area contributed by atoms with Crippen molar-refractivity contribution in [2.24, 2.45) is 0 Å². The van der Waals surface area contributed by atoms with Crippen LogP contribution in [-0.4, -0.2) is 15.7 Å². The van der Waals surface area contributed by atoms with E-state index < -0.39 is 0 Å². The van der Waals surface area contributed by atoms with E-state index in [1.807, 2.05) is 6.07 Å². The second kappa shape index (κ2) is 4.34. The fraction of sp³-hybridized carbons (Fsp3) is 0.375. The van der Waals surface area contributed by atoms with E-state index in [-0.39, 0.29) is 0 Å². The predicted molar refractivity (Wildman–Crippen MR) is 48.3 cm³/mol. The standard InChI is InChI=1S/C8H11N2S/c1-7(6-11-2)8-9-4-3-5-10-8/h3-5,7H,2,6H2,1H3. The molecule has 0 aromatic carbocycles. The second-order valence-corrected chi connectivity index (χ2v) is 3.12. The Labute approximate surface area is 71.5 Å². The Balaban J connectivity index is 2.61. The first-order valence-electron chi connectivity index (χ1n) is 3.48. The molecule has 1 radical (unpaired) electrons. The minimum atomic E-state index is 0.402. The van der Waals surface area contributed by atoms with Gasteiger partial charge in [0.1, 0.15) is 5.82 Å². The highest BCUT2D eigenvalue weighted by atomic mass is 32.2. The molecule has 1 unspecified atom stereocenters. The van der Waals surface area contributed by atoms with E-state index in [1.54, 1.807) is 24.2 Å². The van der Waals surface area contributed by atoms with Crippen LogP contribution in [0.15, 0.2) is 18.5 Å². The fourth-order valence-corrected chi connectivity index (χ4v) is 1.32. The Hall–Kier alpha value is -0.570. The van der Waals surface area contributed by atoms with Crippen molar-refractivity contribution in [3.63, 3.8) is 0 Å². The molecule has 0 saturated carbocycles. The van der Waals surface area contributed by atoms with Crippen LogP contribution in [0.2, 0.25) is 0 Å². The van der Waals surface area contributed by atoms with Gasteiger partial charge in [-0.15, -0.1) is 0 Å². The largest absolute Gasteiger partial charge is 0.241 e. The number of hydrogen-bond donors (Lipinski definition) is 0. The van der Waals surface area contributed by atoms with Gasteiger partial charge in [-0.05, 0) is 6.07 Å². The Morgan fingerprint density at radius 1 is 1.55 bits per heavy atom. The van der Waals surface area contributed by atoms with Crippen LogP contribution in [0.3, 0.4) is 0 Å². The van der Waals surface area contributed by atoms with E-state index in [0.717, 1.165) is 11.6 Å². The van der Waals surface area contributed by atoms with Crippen molar-refractivity contribution in [1.82, 2.24) is 9.97 Å². The molecular formula is C8H11N2S. The first kappa shape index (κ1) is 8.53. The number of nitrogens with zero attached hydrogens (tertiary/aromatic N) is 2. The first-order valence-corrected chi connectivity index (χ1v) is 4.64. The molecule has 2 nitrogen and oxygen atoms in total. The van der Waals surface area contributed by atoms with Gasteiger partial charge in [0.05, 0.1) is 0 Å². The van der Waals surface area contributed by atoms with Crippen molar-refractivity contribution < 1.29 is 0 Å². The number of hydrogen-bond acceptors (Lipinski definition) is 3. The minimum Gasteiger partial charge on any atom is -0.241 e. The molecule has 0 N–H and O–H groups in total. The zero-order chi connectivity index (χ0) is 8.10. The molecule has 0 fully saturated rings. The van der Waals surface area contributed by atoms with Crippen LogP contribution >= 0.6 is 11.8 Å². The summed E-state index contributed by atoms with van der Waals surface area (Å²) in [5.74, 6) is 2.28. The SMILES string of the molecule is [CH2]SCC(C)c1ncccn1. The molecule has 3 heteroatoms. The lowest BCUT2D eigenvalue weighted by atomic mass is 10.2. The molecule has 1 rings (SSSR count). The molecule has 0 aliphatic rings. The third-order valence-electron chi connectivity index (χ3n) is 1.39. The summed E-state index contributed by atoms with van der Waals surface area (Å²) < 4.78 is 0. The van der Waals surface area contributed by atoms with E-state index in [0.29, 0.717) is 5.92 Å². The van der Waals surface area contributed by atoms with Gasteiger partial charge >= 0.3 is 0 Å². The zero-order valence-electron chi connectivity index (χ0n) is 6.53. The summed E-state index contributed by atoms with van der Waals surface area (Å²) >= 11 is 1.57. The van der Waals surface area contributed by atoms with E-state index >= 15 is 0 Å². The molecule has 0 aliphatic carbocycles. The van der Waals surface area contributed by atoms with Gasteiger partial charge in [0.25, 0.3) is 0 Å². The fourth-order valence-electron chi connectivity index (χ4n) is 0.816. The summed E-state index contributed by atoms with van der Waals surface area (Å²) in [6, 6.07) is 1.83. The Morgan fingerprint density at radius 3 is 2.73 bits per heavy atom. The third kappa shape index (κ3) is 2.50. The molecule has 0 aliphatic heterocycles. The molecule has 0 amide bonds. The van der Waals surface area contributed by atoms with Crippen LogP contribution in [-0.2, 0) is 0 Å². The van der Waals surface area contributed by atoms with Crippen molar-refractivity contribution >= 4 is 11.8 Å². The maximum absolute atomic E-state index is 4.15. The van der Waals surface area contributed by atoms with Crippen molar-refractivity contribution in [1.29, 1.82) is 0 Å². The zero-order valence-corrected chi connectivity index (χ0v) is 7.34. The summed E-state index contributed by atoms with van der Waals surface area (Å²) in [5, 5.41) is 0. The van der Waals surface area contributed by atoms with Crippen molar-refractivity contribution in [3.05, 3.63) is 30.5 Å². The number of thioether (sulfide) groups is 1. The highest BCUT2D eigenvalue weighted by molar-refractivity contribution is 8.00. The summed E-state index contributed by atoms with van der Waals surface area (Å²) in [6.07, 6.45) is 7.25. The van der Waals surface area contributed by atoms with Crippen LogP contribution in [0.1, 0.15) is 18.7 Å². The van der Waals surface area contributed by atoms with Crippen LogP contribution < -0.4 is 0 Å². The lowest BCUT2D eigenvalue weighted by Gasteiger charge is -2.05. The molecule has 1 aromatic heterocycles. The summed E-state index contributed by atoms with van der Waals surface area (Å²) in [4.78, 5) is 8.29. The van der Waals surface area contributed by atoms with Crippen LogP contribution in [0.4, 0.5) is 0 Å². The van der Waals surface area contributed by atoms with Crippen molar-refractivity contribution in [2.45, 2.75) is 12.8 Å². The third-order valence-corrected chi connectivity index (χ3v) is 2.13. The Bertz CT molecular complexity index is 201. The van der Waals surface area contributed by atoms with Gasteiger partial charge < -0.3 is 0 Å². The van der Waals surface area contributed by atoms with Crippen LogP contribution in [0, 0.1) is 6.26 Å². The maximum atomic E-state index is 4.15. The summed E-state index contributed by atoms with van der Waals surface area (Å²) in [7, 11) is 0. The minimum absolute atomic E-state index is 0.402. The summed E-state index contributed by atoms with van der Waals surface area (Å²) in [6.45, 7) is 2.10. The van der Waals surface area contributed by atoms with E-state index in [4.69, 9.17) is 0 Å². The average Bonchev–Trinajstić information content (AvgIpc) is 2.07. The van der Waals surface area contributed by atoms with E-state index in [2.05, 4.69) is 23.1 Å². The Kier molecular flexibility index (Phi) is 3.36. The van der Waals surface area contributed by atoms with Gasteiger partial charge in [-0.2, -0.15) is 11.8 Å². The Morgan fingerprint density at radius 2 is 2.18 bits per heavy atom. The monoisotopic (exact) mass is 167 g/mol. The second-order valence-electron chi connectivity index (χ2n) is 2.38. The molecular weight excluding hydrogens is 156 g/mol. The molecule has 11 heavy (non-hydrogen) atoms. The number of rotatable bonds is 3. The molecule has 1 heterocycles. The number of aromatic nitrogens is 2. The quantitative estimate of drug-likeness (QED) is 0.689. The molecule has 0 spiro atoms. The molecule has 1 atom stereocenters. The highest BCUT2D eigenvalue weighted by Gasteiger charge is 2.05. The van der Waals surface area contributed by atoms with Gasteiger partial charge in [-0.25, -0.2) is 9.97 Å². The van der Waals surface area contributed by atoms with Gasteiger partial charge in [-0.3, -0.25) is 0 Å². The first-order chi connectivity index (χ1) is 5.34. The van der Waals surface area contributed by atoms with Crippen LogP contribution in [0.5, 0.6) is 0 Å². The average molecular weight is 167 g/mol. The van der Waals surface area contributed by atoms with Crippen molar-refractivity contribution in [2.75, 3.05) is 5.75 Å². The van der Waals surface area contributed by atoms with Gasteiger partial charge in [0, 0.05) is 30.3 Å². The molecule has 0 bridgehead atoms. The highest BCUT2D eigenvalue weighted by Crippen LogP contribution is 2.14. The lowest BCUT2D eigenvalue weighted by Crippen LogP contribution is -2.01. The topological polar surface area (TPSA) is 25.8 Å². The predicted octanol–water partition coefficient (Wildman–Crippen LogP) is 2.10. The van der Waals surface area contributed by atoms with Gasteiger partial charge in [0.15, 0.2) is 0 Å². The van der Waals surface area contributed by atoms with E-state index in [9.17, 15) is 0 Å². The summed E-state index contributed by atoms with van der Waals surface area (Å²) in [5.41, 5.74) is 0. The lowest BCUT2D eigenvalue weighted by molar-refractivity contribution is 0.785. The smallest absolute Gasteiger partial charge is 0.131 e. The maximum Gasteiger partial charge on any atom is 0.131 e.